The minimum absolute atomic E-state index is 0.0448. The number of nitrogens with zero attached hydrogens (tertiary/aromatic N) is 4. The highest BCUT2D eigenvalue weighted by Crippen LogP contribution is 2.22. The van der Waals surface area contributed by atoms with Crippen molar-refractivity contribution >= 4 is 21.6 Å². The van der Waals surface area contributed by atoms with E-state index in [4.69, 9.17) is 9.26 Å². The number of likely N-dealkylation sites (N-methyl/N-ethyl adjacent to an activating group) is 1. The Morgan fingerprint density at radius 3 is 2.45 bits per heavy atom. The number of methoxy groups -OCH3 is 1. The predicted molar refractivity (Wildman–Crippen MR) is 111 cm³/mol. The number of rotatable bonds is 8. The highest BCUT2D eigenvalue weighted by molar-refractivity contribution is 7.92. The van der Waals surface area contributed by atoms with Crippen LogP contribution in [0.5, 0.6) is 5.75 Å². The molecule has 2 aromatic carbocycles. The molecule has 1 aromatic heterocycles. The molecule has 1 heterocycles. The molecule has 0 saturated heterocycles. The van der Waals surface area contributed by atoms with Crippen LogP contribution in [0.3, 0.4) is 0 Å². The quantitative estimate of drug-likeness (QED) is 0.521. The van der Waals surface area contributed by atoms with Crippen LogP contribution in [0.2, 0.25) is 0 Å². The van der Waals surface area contributed by atoms with Gasteiger partial charge in [-0.05, 0) is 36.4 Å². The predicted octanol–water partition coefficient (Wildman–Crippen LogP) is 2.31. The van der Waals surface area contributed by atoms with E-state index >= 15 is 0 Å². The second kappa shape index (κ2) is 9.13. The highest BCUT2D eigenvalue weighted by Gasteiger charge is 2.25. The summed E-state index contributed by atoms with van der Waals surface area (Å²) in [6, 6.07) is 12.4. The van der Waals surface area contributed by atoms with Crippen LogP contribution in [0, 0.1) is 5.82 Å². The molecule has 1 amide bonds. The van der Waals surface area contributed by atoms with E-state index in [0.29, 0.717) is 17.1 Å². The van der Waals surface area contributed by atoms with Crippen molar-refractivity contribution in [2.75, 3.05) is 31.3 Å². The van der Waals surface area contributed by atoms with Gasteiger partial charge in [-0.3, -0.25) is 9.10 Å². The van der Waals surface area contributed by atoms with E-state index in [1.165, 1.54) is 30.1 Å². The molecule has 11 heteroatoms. The third kappa shape index (κ3) is 5.37. The van der Waals surface area contributed by atoms with Crippen molar-refractivity contribution in [1.82, 2.24) is 15.0 Å². The van der Waals surface area contributed by atoms with Crippen molar-refractivity contribution < 1.29 is 26.9 Å². The Balaban J connectivity index is 1.71. The number of ether oxygens (including phenoxy) is 1. The number of carbonyl (C=O) groups is 1. The van der Waals surface area contributed by atoms with Gasteiger partial charge < -0.3 is 14.2 Å². The van der Waals surface area contributed by atoms with Gasteiger partial charge in [0, 0.05) is 12.6 Å². The summed E-state index contributed by atoms with van der Waals surface area (Å²) in [5.41, 5.74) is 0.499. The van der Waals surface area contributed by atoms with Gasteiger partial charge in [0.15, 0.2) is 0 Å². The SMILES string of the molecule is COc1ccc(-c2noc(CN(C)C(=O)CN(c3ccccc3F)S(C)(=O)=O)n2)cc1. The fourth-order valence-corrected chi connectivity index (χ4v) is 3.60. The fraction of sp³-hybridized carbons (Fsp3) is 0.250. The van der Waals surface area contributed by atoms with Crippen molar-refractivity contribution in [3.63, 3.8) is 0 Å². The lowest BCUT2D eigenvalue weighted by Gasteiger charge is -2.24. The maximum atomic E-state index is 14.1. The van der Waals surface area contributed by atoms with E-state index in [1.807, 2.05) is 0 Å². The summed E-state index contributed by atoms with van der Waals surface area (Å²) < 4.78 is 49.4. The monoisotopic (exact) mass is 448 g/mol. The molecule has 0 atom stereocenters. The number of benzene rings is 2. The Morgan fingerprint density at radius 1 is 1.16 bits per heavy atom. The molecule has 0 radical (unpaired) electrons. The minimum Gasteiger partial charge on any atom is -0.497 e. The fourth-order valence-electron chi connectivity index (χ4n) is 2.75. The number of halogens is 1. The summed E-state index contributed by atoms with van der Waals surface area (Å²) in [6.45, 7) is -0.618. The van der Waals surface area contributed by atoms with Crippen molar-refractivity contribution in [3.8, 4) is 17.1 Å². The summed E-state index contributed by atoms with van der Waals surface area (Å²) in [4.78, 5) is 18.1. The Morgan fingerprint density at radius 2 is 1.84 bits per heavy atom. The van der Waals surface area contributed by atoms with Crippen LogP contribution in [0.15, 0.2) is 53.1 Å². The summed E-state index contributed by atoms with van der Waals surface area (Å²) in [5, 5.41) is 3.89. The average Bonchev–Trinajstić information content (AvgIpc) is 3.20. The van der Waals surface area contributed by atoms with Crippen LogP contribution in [-0.4, -0.2) is 56.3 Å². The van der Waals surface area contributed by atoms with E-state index in [9.17, 15) is 17.6 Å². The summed E-state index contributed by atoms with van der Waals surface area (Å²) in [6.07, 6.45) is 0.909. The topological polar surface area (TPSA) is 106 Å². The third-order valence-corrected chi connectivity index (χ3v) is 5.54. The number of amides is 1. The smallest absolute Gasteiger partial charge is 0.246 e. The first-order valence-corrected chi connectivity index (χ1v) is 11.0. The molecule has 0 aliphatic rings. The summed E-state index contributed by atoms with van der Waals surface area (Å²) in [7, 11) is -0.875. The molecule has 31 heavy (non-hydrogen) atoms. The van der Waals surface area contributed by atoms with Gasteiger partial charge in [-0.25, -0.2) is 12.8 Å². The molecular formula is C20H21FN4O5S. The Hall–Kier alpha value is -3.47. The molecule has 0 N–H and O–H groups in total. The van der Waals surface area contributed by atoms with E-state index in [1.54, 1.807) is 31.4 Å². The van der Waals surface area contributed by atoms with Gasteiger partial charge in [0.1, 0.15) is 18.1 Å². The second-order valence-electron chi connectivity index (χ2n) is 6.71. The average molecular weight is 448 g/mol. The molecule has 3 aromatic rings. The molecule has 3 rings (SSSR count). The second-order valence-corrected chi connectivity index (χ2v) is 8.62. The normalized spacial score (nSPS) is 11.2. The van der Waals surface area contributed by atoms with E-state index in [-0.39, 0.29) is 18.1 Å². The van der Waals surface area contributed by atoms with E-state index in [2.05, 4.69) is 10.1 Å². The number of para-hydroxylation sites is 1. The molecular weight excluding hydrogens is 427 g/mol. The van der Waals surface area contributed by atoms with Crippen LogP contribution in [0.4, 0.5) is 10.1 Å². The van der Waals surface area contributed by atoms with Crippen LogP contribution in [0.1, 0.15) is 5.89 Å². The Kier molecular flexibility index (Phi) is 6.54. The van der Waals surface area contributed by atoms with Gasteiger partial charge in [-0.1, -0.05) is 17.3 Å². The largest absolute Gasteiger partial charge is 0.497 e. The third-order valence-electron chi connectivity index (χ3n) is 4.41. The van der Waals surface area contributed by atoms with Crippen LogP contribution >= 0.6 is 0 Å². The molecule has 164 valence electrons. The van der Waals surface area contributed by atoms with Crippen LogP contribution < -0.4 is 9.04 Å². The molecule has 0 spiro atoms. The van der Waals surface area contributed by atoms with Gasteiger partial charge in [0.2, 0.25) is 27.6 Å². The molecule has 0 bridgehead atoms. The maximum Gasteiger partial charge on any atom is 0.246 e. The van der Waals surface area contributed by atoms with E-state index < -0.39 is 28.3 Å². The maximum absolute atomic E-state index is 14.1. The zero-order valence-corrected chi connectivity index (χ0v) is 18.0. The standard InChI is InChI=1S/C20H21FN4O5S/c1-24(12-18-22-20(23-30-18)14-8-10-15(29-2)11-9-14)19(26)13-25(31(3,27)28)17-7-5-4-6-16(17)21/h4-11H,12-13H2,1-3H3. The summed E-state index contributed by atoms with van der Waals surface area (Å²) in [5.74, 6) is -0.133. The van der Waals surface area contributed by atoms with Crippen molar-refractivity contribution in [2.24, 2.45) is 0 Å². The molecule has 0 fully saturated rings. The summed E-state index contributed by atoms with van der Waals surface area (Å²) >= 11 is 0. The number of carbonyl (C=O) groups excluding carboxylic acids is 1. The van der Waals surface area contributed by atoms with Gasteiger partial charge in [0.05, 0.1) is 25.6 Å². The number of anilines is 1. The van der Waals surface area contributed by atoms with Crippen molar-refractivity contribution in [2.45, 2.75) is 6.54 Å². The molecule has 9 nitrogen and oxygen atoms in total. The zero-order valence-electron chi connectivity index (χ0n) is 17.1. The number of hydrogen-bond donors (Lipinski definition) is 0. The number of sulfonamides is 1. The lowest BCUT2D eigenvalue weighted by Crippen LogP contribution is -2.41. The van der Waals surface area contributed by atoms with Gasteiger partial charge in [0.25, 0.3) is 0 Å². The van der Waals surface area contributed by atoms with Crippen LogP contribution in [-0.2, 0) is 21.4 Å². The Bertz CT molecular complexity index is 1160. The van der Waals surface area contributed by atoms with Crippen molar-refractivity contribution in [3.05, 3.63) is 60.2 Å². The molecule has 0 unspecified atom stereocenters. The van der Waals surface area contributed by atoms with Crippen LogP contribution in [0.25, 0.3) is 11.4 Å². The lowest BCUT2D eigenvalue weighted by molar-refractivity contribution is -0.129. The Labute approximate surface area is 179 Å². The highest BCUT2D eigenvalue weighted by atomic mass is 32.2. The van der Waals surface area contributed by atoms with Crippen molar-refractivity contribution in [1.29, 1.82) is 0 Å². The molecule has 0 saturated carbocycles. The van der Waals surface area contributed by atoms with Gasteiger partial charge in [-0.2, -0.15) is 4.98 Å². The van der Waals surface area contributed by atoms with Gasteiger partial charge >= 0.3 is 0 Å². The lowest BCUT2D eigenvalue weighted by atomic mass is 10.2. The number of aromatic nitrogens is 2. The van der Waals surface area contributed by atoms with E-state index in [0.717, 1.165) is 16.6 Å². The first-order valence-electron chi connectivity index (χ1n) is 9.12. The number of hydrogen-bond acceptors (Lipinski definition) is 7. The minimum atomic E-state index is -3.90. The van der Waals surface area contributed by atoms with Gasteiger partial charge in [-0.15, -0.1) is 0 Å². The molecule has 0 aliphatic heterocycles. The molecule has 0 aliphatic carbocycles. The zero-order chi connectivity index (χ0) is 22.6. The first-order chi connectivity index (χ1) is 14.7. The first kappa shape index (κ1) is 22.2.